The predicted molar refractivity (Wildman–Crippen MR) is 82.9 cm³/mol. The fourth-order valence-electron chi connectivity index (χ4n) is 2.02. The van der Waals surface area contributed by atoms with Crippen molar-refractivity contribution >= 4 is 17.5 Å². The second-order valence-corrected chi connectivity index (χ2v) is 5.64. The monoisotopic (exact) mass is 292 g/mol. The van der Waals surface area contributed by atoms with E-state index in [9.17, 15) is 14.7 Å². The van der Waals surface area contributed by atoms with E-state index < -0.39 is 6.10 Å². The molecule has 1 rings (SSSR count). The smallest absolute Gasteiger partial charge is 0.224 e. The lowest BCUT2D eigenvalue weighted by Gasteiger charge is -2.14. The Labute approximate surface area is 125 Å². The number of hydrogen-bond donors (Lipinski definition) is 3. The molecule has 3 N–H and O–H groups in total. The lowest BCUT2D eigenvalue weighted by molar-refractivity contribution is -0.121. The molecule has 0 aliphatic rings. The highest BCUT2D eigenvalue weighted by molar-refractivity contribution is 5.88. The molecule has 2 amide bonds. The minimum absolute atomic E-state index is 0.120. The molecule has 116 valence electrons. The van der Waals surface area contributed by atoms with Crippen LogP contribution in [-0.2, 0) is 16.0 Å². The van der Waals surface area contributed by atoms with Crippen molar-refractivity contribution in [2.75, 3.05) is 11.9 Å². The van der Waals surface area contributed by atoms with Crippen molar-refractivity contribution in [2.45, 2.75) is 39.7 Å². The van der Waals surface area contributed by atoms with E-state index in [0.717, 1.165) is 5.56 Å². The highest BCUT2D eigenvalue weighted by Gasteiger charge is 2.09. The quantitative estimate of drug-likeness (QED) is 0.716. The van der Waals surface area contributed by atoms with Crippen LogP contribution in [0.4, 0.5) is 5.69 Å². The summed E-state index contributed by atoms with van der Waals surface area (Å²) >= 11 is 0. The van der Waals surface area contributed by atoms with Gasteiger partial charge in [-0.2, -0.15) is 0 Å². The van der Waals surface area contributed by atoms with E-state index in [1.54, 1.807) is 24.3 Å². The van der Waals surface area contributed by atoms with Crippen LogP contribution in [0.2, 0.25) is 0 Å². The summed E-state index contributed by atoms with van der Waals surface area (Å²) in [5, 5.41) is 15.1. The fraction of sp³-hybridized carbons (Fsp3) is 0.500. The van der Waals surface area contributed by atoms with Gasteiger partial charge in [0, 0.05) is 19.2 Å². The van der Waals surface area contributed by atoms with Crippen molar-refractivity contribution in [2.24, 2.45) is 5.92 Å². The van der Waals surface area contributed by atoms with Gasteiger partial charge in [0.15, 0.2) is 0 Å². The molecule has 1 atom stereocenters. The standard InChI is InChI=1S/C16H24N2O3/c1-11(2)8-15(20)10-17-16(21)9-13-4-6-14(7-5-13)18-12(3)19/h4-7,11,15,20H,8-10H2,1-3H3,(H,17,21)(H,18,19). The summed E-state index contributed by atoms with van der Waals surface area (Å²) in [5.41, 5.74) is 1.57. The summed E-state index contributed by atoms with van der Waals surface area (Å²) in [4.78, 5) is 22.7. The van der Waals surface area contributed by atoms with Gasteiger partial charge in [0.25, 0.3) is 0 Å². The maximum Gasteiger partial charge on any atom is 0.224 e. The molecule has 0 bridgehead atoms. The Hall–Kier alpha value is -1.88. The van der Waals surface area contributed by atoms with Gasteiger partial charge < -0.3 is 15.7 Å². The molecule has 0 aromatic heterocycles. The predicted octanol–water partition coefficient (Wildman–Crippen LogP) is 1.71. The minimum atomic E-state index is -0.504. The van der Waals surface area contributed by atoms with Crippen LogP contribution >= 0.6 is 0 Å². The van der Waals surface area contributed by atoms with E-state index in [0.29, 0.717) is 18.0 Å². The van der Waals surface area contributed by atoms with Crippen molar-refractivity contribution in [3.63, 3.8) is 0 Å². The zero-order valence-electron chi connectivity index (χ0n) is 12.8. The SMILES string of the molecule is CC(=O)Nc1ccc(CC(=O)NCC(O)CC(C)C)cc1. The summed E-state index contributed by atoms with van der Waals surface area (Å²) in [5.74, 6) is 0.155. The second-order valence-electron chi connectivity index (χ2n) is 5.64. The molecular weight excluding hydrogens is 268 g/mol. The normalized spacial score (nSPS) is 12.0. The summed E-state index contributed by atoms with van der Waals surface area (Å²) in [7, 11) is 0. The van der Waals surface area contributed by atoms with E-state index in [1.165, 1.54) is 6.92 Å². The van der Waals surface area contributed by atoms with Gasteiger partial charge >= 0.3 is 0 Å². The van der Waals surface area contributed by atoms with Gasteiger partial charge in [0.2, 0.25) is 11.8 Å². The van der Waals surface area contributed by atoms with Crippen molar-refractivity contribution in [3.05, 3.63) is 29.8 Å². The number of aliphatic hydroxyl groups excluding tert-OH is 1. The summed E-state index contributed by atoms with van der Waals surface area (Å²) in [6.07, 6.45) is 0.427. The van der Waals surface area contributed by atoms with Crippen LogP contribution < -0.4 is 10.6 Å². The van der Waals surface area contributed by atoms with E-state index in [1.807, 2.05) is 13.8 Å². The molecule has 0 heterocycles. The first-order valence-electron chi connectivity index (χ1n) is 7.18. The molecule has 0 saturated heterocycles. The third-order valence-electron chi connectivity index (χ3n) is 2.92. The molecular formula is C16H24N2O3. The van der Waals surface area contributed by atoms with E-state index in [2.05, 4.69) is 10.6 Å². The van der Waals surface area contributed by atoms with E-state index in [4.69, 9.17) is 0 Å². The summed E-state index contributed by atoms with van der Waals surface area (Å²) in [6.45, 7) is 5.79. The number of benzene rings is 1. The van der Waals surface area contributed by atoms with Crippen LogP contribution in [0.3, 0.4) is 0 Å². The number of amides is 2. The maximum absolute atomic E-state index is 11.8. The van der Waals surface area contributed by atoms with Crippen molar-refractivity contribution in [1.82, 2.24) is 5.32 Å². The Bertz CT molecular complexity index is 469. The lowest BCUT2D eigenvalue weighted by Crippen LogP contribution is -2.33. The molecule has 0 saturated carbocycles. The van der Waals surface area contributed by atoms with Crippen molar-refractivity contribution < 1.29 is 14.7 Å². The average Bonchev–Trinajstić information content (AvgIpc) is 2.37. The Morgan fingerprint density at radius 3 is 2.33 bits per heavy atom. The first-order valence-corrected chi connectivity index (χ1v) is 7.18. The molecule has 5 nitrogen and oxygen atoms in total. The molecule has 1 aromatic rings. The van der Waals surface area contributed by atoms with Crippen LogP contribution in [0.5, 0.6) is 0 Å². The molecule has 0 aliphatic heterocycles. The van der Waals surface area contributed by atoms with Gasteiger partial charge in [0.1, 0.15) is 0 Å². The number of rotatable bonds is 7. The molecule has 0 spiro atoms. The third kappa shape index (κ3) is 7.46. The number of hydrogen-bond acceptors (Lipinski definition) is 3. The molecule has 21 heavy (non-hydrogen) atoms. The van der Waals surface area contributed by atoms with Gasteiger partial charge in [-0.05, 0) is 30.0 Å². The van der Waals surface area contributed by atoms with Crippen LogP contribution in [0.25, 0.3) is 0 Å². The summed E-state index contributed by atoms with van der Waals surface area (Å²) < 4.78 is 0. The molecule has 0 aliphatic carbocycles. The minimum Gasteiger partial charge on any atom is -0.391 e. The number of anilines is 1. The van der Waals surface area contributed by atoms with Crippen LogP contribution in [0.15, 0.2) is 24.3 Å². The summed E-state index contributed by atoms with van der Waals surface area (Å²) in [6, 6.07) is 7.13. The van der Waals surface area contributed by atoms with E-state index in [-0.39, 0.29) is 24.8 Å². The van der Waals surface area contributed by atoms with Gasteiger partial charge in [-0.15, -0.1) is 0 Å². The molecule has 1 aromatic carbocycles. The van der Waals surface area contributed by atoms with Gasteiger partial charge in [-0.3, -0.25) is 9.59 Å². The number of aliphatic hydroxyl groups is 1. The third-order valence-corrected chi connectivity index (χ3v) is 2.92. The van der Waals surface area contributed by atoms with Gasteiger partial charge in [-0.25, -0.2) is 0 Å². The Morgan fingerprint density at radius 2 is 1.81 bits per heavy atom. The van der Waals surface area contributed by atoms with Crippen LogP contribution in [0.1, 0.15) is 32.8 Å². The van der Waals surface area contributed by atoms with E-state index >= 15 is 0 Å². The van der Waals surface area contributed by atoms with Crippen molar-refractivity contribution in [3.8, 4) is 0 Å². The molecule has 0 radical (unpaired) electrons. The average molecular weight is 292 g/mol. The molecule has 1 unspecified atom stereocenters. The highest BCUT2D eigenvalue weighted by atomic mass is 16.3. The lowest BCUT2D eigenvalue weighted by atomic mass is 10.1. The Kier molecular flexibility index (Phi) is 6.88. The van der Waals surface area contributed by atoms with Gasteiger partial charge in [-0.1, -0.05) is 26.0 Å². The number of nitrogens with one attached hydrogen (secondary N) is 2. The molecule has 5 heteroatoms. The maximum atomic E-state index is 11.8. The Balaban J connectivity index is 2.39. The first kappa shape index (κ1) is 17.2. The van der Waals surface area contributed by atoms with Gasteiger partial charge in [0.05, 0.1) is 12.5 Å². The largest absolute Gasteiger partial charge is 0.391 e. The fourth-order valence-corrected chi connectivity index (χ4v) is 2.02. The highest BCUT2D eigenvalue weighted by Crippen LogP contribution is 2.10. The Morgan fingerprint density at radius 1 is 1.19 bits per heavy atom. The number of carbonyl (C=O) groups is 2. The zero-order valence-corrected chi connectivity index (χ0v) is 12.8. The van der Waals surface area contributed by atoms with Crippen LogP contribution in [0, 0.1) is 5.92 Å². The molecule has 0 fully saturated rings. The first-order chi connectivity index (χ1) is 9.86. The zero-order chi connectivity index (χ0) is 15.8. The second kappa shape index (κ2) is 8.42. The topological polar surface area (TPSA) is 78.4 Å². The van der Waals surface area contributed by atoms with Crippen molar-refractivity contribution in [1.29, 1.82) is 0 Å². The number of carbonyl (C=O) groups excluding carboxylic acids is 2. The van der Waals surface area contributed by atoms with Crippen LogP contribution in [-0.4, -0.2) is 29.6 Å².